The molecule has 20 heavy (non-hydrogen) atoms. The molecule has 2 rings (SSSR count). The molecule has 0 aliphatic rings. The van der Waals surface area contributed by atoms with Gasteiger partial charge >= 0.3 is 0 Å². The van der Waals surface area contributed by atoms with Gasteiger partial charge in [-0.2, -0.15) is 0 Å². The first-order valence-electron chi connectivity index (χ1n) is 5.60. The van der Waals surface area contributed by atoms with E-state index in [-0.39, 0.29) is 4.21 Å². The van der Waals surface area contributed by atoms with Crippen LogP contribution in [0.15, 0.2) is 32.9 Å². The molecule has 0 saturated carbocycles. The lowest BCUT2D eigenvalue weighted by molar-refractivity contribution is 0.603. The van der Waals surface area contributed by atoms with Crippen LogP contribution in [-0.4, -0.2) is 8.42 Å². The predicted octanol–water partition coefficient (Wildman–Crippen LogP) is 3.73. The Bertz CT molecular complexity index is 744. The fourth-order valence-electron chi connectivity index (χ4n) is 1.59. The number of halogens is 2. The van der Waals surface area contributed by atoms with Crippen molar-refractivity contribution in [2.45, 2.75) is 17.7 Å². The maximum absolute atomic E-state index is 12.3. The first-order valence-corrected chi connectivity index (χ1v) is 9.08. The lowest BCUT2D eigenvalue weighted by Gasteiger charge is -2.07. The van der Waals surface area contributed by atoms with Gasteiger partial charge in [0.05, 0.1) is 10.7 Å². The Morgan fingerprint density at radius 1 is 1.40 bits per heavy atom. The van der Waals surface area contributed by atoms with Gasteiger partial charge in [0.1, 0.15) is 4.21 Å². The van der Waals surface area contributed by atoms with Crippen molar-refractivity contribution in [1.29, 1.82) is 0 Å². The highest BCUT2D eigenvalue weighted by atomic mass is 79.9. The van der Waals surface area contributed by atoms with Crippen molar-refractivity contribution >= 4 is 54.6 Å². The van der Waals surface area contributed by atoms with Crippen LogP contribution in [0.1, 0.15) is 10.4 Å². The van der Waals surface area contributed by atoms with E-state index in [1.54, 1.807) is 24.3 Å². The second kappa shape index (κ2) is 6.03. The maximum Gasteiger partial charge on any atom is 0.271 e. The predicted molar refractivity (Wildman–Crippen MR) is 86.9 cm³/mol. The Hall–Kier alpha value is -0.600. The molecule has 1 aromatic heterocycles. The molecular formula is C12H12BrClN2O2S2. The smallest absolute Gasteiger partial charge is 0.271 e. The molecule has 0 aliphatic carbocycles. The molecule has 0 radical (unpaired) electrons. The van der Waals surface area contributed by atoms with Crippen LogP contribution in [0.4, 0.5) is 5.69 Å². The van der Waals surface area contributed by atoms with Crippen LogP contribution in [0.5, 0.6) is 0 Å². The minimum absolute atomic E-state index is 0.245. The average Bonchev–Trinajstić information content (AvgIpc) is 2.76. The quantitative estimate of drug-likeness (QED) is 0.828. The van der Waals surface area contributed by atoms with Crippen molar-refractivity contribution < 1.29 is 8.42 Å². The molecule has 108 valence electrons. The Morgan fingerprint density at radius 2 is 2.10 bits per heavy atom. The Labute approximate surface area is 135 Å². The van der Waals surface area contributed by atoms with E-state index in [0.717, 1.165) is 10.4 Å². The van der Waals surface area contributed by atoms with E-state index < -0.39 is 10.0 Å². The Kier molecular flexibility index (Phi) is 4.76. The van der Waals surface area contributed by atoms with Crippen LogP contribution in [0, 0.1) is 6.92 Å². The molecule has 2 aromatic rings. The van der Waals surface area contributed by atoms with Crippen LogP contribution in [0.3, 0.4) is 0 Å². The minimum atomic E-state index is -3.62. The van der Waals surface area contributed by atoms with E-state index in [4.69, 9.17) is 17.3 Å². The number of thiophene rings is 1. The van der Waals surface area contributed by atoms with Gasteiger partial charge in [0.25, 0.3) is 10.0 Å². The summed E-state index contributed by atoms with van der Waals surface area (Å²) in [6, 6.07) is 6.49. The largest absolute Gasteiger partial charge is 0.326 e. The number of rotatable bonds is 4. The molecule has 0 fully saturated rings. The van der Waals surface area contributed by atoms with Crippen molar-refractivity contribution in [2.75, 3.05) is 4.72 Å². The number of aryl methyl sites for hydroxylation is 1. The number of hydrogen-bond acceptors (Lipinski definition) is 4. The Balaban J connectivity index is 2.32. The van der Waals surface area contributed by atoms with Crippen LogP contribution >= 0.6 is 38.9 Å². The zero-order valence-corrected chi connectivity index (χ0v) is 14.5. The Morgan fingerprint density at radius 3 is 2.65 bits per heavy atom. The summed E-state index contributed by atoms with van der Waals surface area (Å²) in [6.07, 6.45) is 0. The summed E-state index contributed by atoms with van der Waals surface area (Å²) >= 11 is 10.4. The van der Waals surface area contributed by atoms with E-state index in [1.165, 1.54) is 11.3 Å². The molecular weight excluding hydrogens is 384 g/mol. The lowest BCUT2D eigenvalue weighted by atomic mass is 10.3. The highest BCUT2D eigenvalue weighted by Gasteiger charge is 2.19. The third-order valence-electron chi connectivity index (χ3n) is 2.62. The normalized spacial score (nSPS) is 11.6. The molecule has 4 nitrogen and oxygen atoms in total. The SMILES string of the molecule is Cc1cc(S(=O)(=O)Nc2ccc(Br)c(Cl)c2)sc1CN. The number of anilines is 1. The van der Waals surface area contributed by atoms with Gasteiger partial charge in [0, 0.05) is 15.9 Å². The molecule has 1 heterocycles. The van der Waals surface area contributed by atoms with Crippen molar-refractivity contribution in [3.05, 3.63) is 44.2 Å². The molecule has 1 aromatic carbocycles. The summed E-state index contributed by atoms with van der Waals surface area (Å²) in [5.74, 6) is 0. The van der Waals surface area contributed by atoms with Crippen LogP contribution < -0.4 is 10.5 Å². The summed E-state index contributed by atoms with van der Waals surface area (Å²) in [7, 11) is -3.62. The molecule has 0 bridgehead atoms. The summed E-state index contributed by atoms with van der Waals surface area (Å²) in [6.45, 7) is 2.17. The van der Waals surface area contributed by atoms with Crippen molar-refractivity contribution in [1.82, 2.24) is 0 Å². The van der Waals surface area contributed by atoms with Gasteiger partial charge in [-0.05, 0) is 52.7 Å². The average molecular weight is 396 g/mol. The molecule has 8 heteroatoms. The summed E-state index contributed by atoms with van der Waals surface area (Å²) in [5, 5.41) is 0.440. The molecule has 0 atom stereocenters. The zero-order valence-electron chi connectivity index (χ0n) is 10.5. The first kappa shape index (κ1) is 15.8. The molecule has 0 spiro atoms. The molecule has 3 N–H and O–H groups in total. The molecule has 0 aliphatic heterocycles. The van der Waals surface area contributed by atoms with Crippen molar-refractivity contribution in [2.24, 2.45) is 5.73 Å². The molecule has 0 unspecified atom stereocenters. The van der Waals surface area contributed by atoms with Gasteiger partial charge in [0.2, 0.25) is 0 Å². The van der Waals surface area contributed by atoms with E-state index >= 15 is 0 Å². The van der Waals surface area contributed by atoms with Crippen LogP contribution in [0.25, 0.3) is 0 Å². The monoisotopic (exact) mass is 394 g/mol. The van der Waals surface area contributed by atoms with Crippen LogP contribution in [0.2, 0.25) is 5.02 Å². The fraction of sp³-hybridized carbons (Fsp3) is 0.167. The molecule has 0 amide bonds. The number of hydrogen-bond donors (Lipinski definition) is 2. The topological polar surface area (TPSA) is 72.2 Å². The number of nitrogens with one attached hydrogen (secondary N) is 1. The van der Waals surface area contributed by atoms with Gasteiger partial charge in [-0.15, -0.1) is 11.3 Å². The lowest BCUT2D eigenvalue weighted by Crippen LogP contribution is -2.11. The third-order valence-corrected chi connectivity index (χ3v) is 6.97. The third kappa shape index (κ3) is 3.35. The van der Waals surface area contributed by atoms with Crippen molar-refractivity contribution in [3.8, 4) is 0 Å². The van der Waals surface area contributed by atoms with Crippen molar-refractivity contribution in [3.63, 3.8) is 0 Å². The summed E-state index contributed by atoms with van der Waals surface area (Å²) in [4.78, 5) is 0.860. The maximum atomic E-state index is 12.3. The number of benzene rings is 1. The minimum Gasteiger partial charge on any atom is -0.326 e. The second-order valence-electron chi connectivity index (χ2n) is 4.11. The number of nitrogens with two attached hydrogens (primary N) is 1. The summed E-state index contributed by atoms with van der Waals surface area (Å²) in [5.41, 5.74) is 6.87. The van der Waals surface area contributed by atoms with E-state index in [1.807, 2.05) is 6.92 Å². The van der Waals surface area contributed by atoms with Gasteiger partial charge in [-0.1, -0.05) is 11.6 Å². The standard InChI is InChI=1S/C12H12BrClN2O2S2/c1-7-4-12(19-11(7)6-15)20(17,18)16-8-2-3-9(13)10(14)5-8/h2-5,16H,6,15H2,1H3. The fourth-order valence-corrected chi connectivity index (χ4v) is 4.53. The summed E-state index contributed by atoms with van der Waals surface area (Å²) < 4.78 is 28.0. The highest BCUT2D eigenvalue weighted by Crippen LogP contribution is 2.30. The van der Waals surface area contributed by atoms with Gasteiger partial charge in [-0.3, -0.25) is 4.72 Å². The number of sulfonamides is 1. The van der Waals surface area contributed by atoms with Gasteiger partial charge in [0.15, 0.2) is 0 Å². The molecule has 0 saturated heterocycles. The van der Waals surface area contributed by atoms with E-state index in [2.05, 4.69) is 20.7 Å². The van der Waals surface area contributed by atoms with Gasteiger partial charge < -0.3 is 5.73 Å². The van der Waals surface area contributed by atoms with Gasteiger partial charge in [-0.25, -0.2) is 8.42 Å². The van der Waals surface area contributed by atoms with E-state index in [9.17, 15) is 8.42 Å². The zero-order chi connectivity index (χ0) is 14.9. The second-order valence-corrected chi connectivity index (χ2v) is 8.42. The first-order chi connectivity index (χ1) is 9.33. The highest BCUT2D eigenvalue weighted by molar-refractivity contribution is 9.10. The van der Waals surface area contributed by atoms with Crippen LogP contribution in [-0.2, 0) is 16.6 Å². The van der Waals surface area contributed by atoms with E-state index in [0.29, 0.717) is 21.7 Å².